The Balaban J connectivity index is 3.28. The Hall–Kier alpha value is -1.58. The molecule has 1 aromatic carbocycles. The molecule has 100 valence electrons. The van der Waals surface area contributed by atoms with Gasteiger partial charge in [-0.25, -0.2) is 17.5 Å². The lowest BCUT2D eigenvalue weighted by Gasteiger charge is -2.11. The average Bonchev–Trinajstić information content (AvgIpc) is 2.27. The molecule has 0 spiro atoms. The molecule has 1 unspecified atom stereocenters. The number of benzene rings is 1. The summed E-state index contributed by atoms with van der Waals surface area (Å²) in [5, 5.41) is 19.4. The Kier molecular flexibility index (Phi) is 4.33. The second-order valence-corrected chi connectivity index (χ2v) is 5.26. The van der Waals surface area contributed by atoms with Gasteiger partial charge in [-0.15, -0.1) is 0 Å². The van der Waals surface area contributed by atoms with Crippen LogP contribution in [0.2, 0.25) is 0 Å². The molecule has 1 aromatic rings. The van der Waals surface area contributed by atoms with Gasteiger partial charge in [0, 0.05) is 6.04 Å². The molecule has 0 saturated heterocycles. The van der Waals surface area contributed by atoms with E-state index in [1.807, 2.05) is 4.72 Å². The minimum absolute atomic E-state index is 0.464. The van der Waals surface area contributed by atoms with Crippen molar-refractivity contribution in [2.45, 2.75) is 17.9 Å². The normalized spacial score (nSPS) is 13.3. The highest BCUT2D eigenvalue weighted by Gasteiger charge is 2.27. The van der Waals surface area contributed by atoms with E-state index in [4.69, 9.17) is 5.11 Å². The standard InChI is InChI=1S/C9H11FN2O5S/c1-6(5-13)11-18(16,17)9-3-2-7(10)4-8(9)12(14)15/h2-4,6,11,13H,5H2,1H3. The molecule has 2 N–H and O–H groups in total. The molecule has 0 amide bonds. The van der Waals surface area contributed by atoms with Crippen molar-refractivity contribution in [2.75, 3.05) is 6.61 Å². The topological polar surface area (TPSA) is 110 Å². The van der Waals surface area contributed by atoms with Crippen LogP contribution in [-0.4, -0.2) is 31.1 Å². The summed E-state index contributed by atoms with van der Waals surface area (Å²) in [6.45, 7) is 0.918. The Labute approximate surface area is 102 Å². The molecule has 1 atom stereocenters. The zero-order valence-corrected chi connectivity index (χ0v) is 10.1. The van der Waals surface area contributed by atoms with E-state index in [-0.39, 0.29) is 0 Å². The van der Waals surface area contributed by atoms with Gasteiger partial charge in [-0.3, -0.25) is 10.1 Å². The molecule has 0 saturated carbocycles. The highest BCUT2D eigenvalue weighted by Crippen LogP contribution is 2.24. The minimum atomic E-state index is -4.18. The molecular formula is C9H11FN2O5S. The van der Waals surface area contributed by atoms with Crippen LogP contribution in [-0.2, 0) is 10.0 Å². The van der Waals surface area contributed by atoms with Crippen molar-refractivity contribution in [3.05, 3.63) is 34.1 Å². The summed E-state index contributed by atoms with van der Waals surface area (Å²) in [4.78, 5) is 9.04. The lowest BCUT2D eigenvalue weighted by molar-refractivity contribution is -0.388. The highest BCUT2D eigenvalue weighted by atomic mass is 32.2. The van der Waals surface area contributed by atoms with E-state index in [2.05, 4.69) is 0 Å². The first-order chi connectivity index (χ1) is 8.27. The van der Waals surface area contributed by atoms with Crippen LogP contribution in [0.4, 0.5) is 10.1 Å². The lowest BCUT2D eigenvalue weighted by Crippen LogP contribution is -2.35. The third-order valence-corrected chi connectivity index (χ3v) is 3.67. The molecule has 0 fully saturated rings. The number of aliphatic hydroxyl groups is 1. The summed E-state index contributed by atoms with van der Waals surface area (Å²) < 4.78 is 38.5. The van der Waals surface area contributed by atoms with Crippen LogP contribution < -0.4 is 4.72 Å². The van der Waals surface area contributed by atoms with Crippen LogP contribution >= 0.6 is 0 Å². The van der Waals surface area contributed by atoms with Crippen molar-refractivity contribution >= 4 is 15.7 Å². The van der Waals surface area contributed by atoms with Gasteiger partial charge in [0.15, 0.2) is 4.90 Å². The number of rotatable bonds is 5. The molecule has 1 rings (SSSR count). The molecule has 0 aliphatic carbocycles. The van der Waals surface area contributed by atoms with Gasteiger partial charge in [0.25, 0.3) is 5.69 Å². The summed E-state index contributed by atoms with van der Waals surface area (Å²) in [6.07, 6.45) is 0. The van der Waals surface area contributed by atoms with Gasteiger partial charge in [0.05, 0.1) is 17.6 Å². The predicted octanol–water partition coefficient (Wildman–Crippen LogP) is 0.393. The SMILES string of the molecule is CC(CO)NS(=O)(=O)c1ccc(F)cc1[N+](=O)[O-]. The zero-order valence-electron chi connectivity index (χ0n) is 9.33. The van der Waals surface area contributed by atoms with Crippen LogP contribution in [0.3, 0.4) is 0 Å². The van der Waals surface area contributed by atoms with Crippen LogP contribution in [0.1, 0.15) is 6.92 Å². The van der Waals surface area contributed by atoms with Crippen LogP contribution in [0.25, 0.3) is 0 Å². The monoisotopic (exact) mass is 278 g/mol. The first kappa shape index (κ1) is 14.5. The summed E-state index contributed by atoms with van der Waals surface area (Å²) in [5.41, 5.74) is -0.854. The number of halogens is 1. The molecular weight excluding hydrogens is 267 g/mol. The van der Waals surface area contributed by atoms with Gasteiger partial charge in [0.1, 0.15) is 5.82 Å². The maximum Gasteiger partial charge on any atom is 0.292 e. The van der Waals surface area contributed by atoms with Crippen LogP contribution in [0.5, 0.6) is 0 Å². The van der Waals surface area contributed by atoms with E-state index in [1.54, 1.807) is 0 Å². The Morgan fingerprint density at radius 1 is 1.56 bits per heavy atom. The number of nitrogens with one attached hydrogen (secondary N) is 1. The molecule has 18 heavy (non-hydrogen) atoms. The number of nitrogens with zero attached hydrogens (tertiary/aromatic N) is 1. The third kappa shape index (κ3) is 3.22. The average molecular weight is 278 g/mol. The number of sulfonamides is 1. The number of hydrogen-bond donors (Lipinski definition) is 2. The molecule has 0 aromatic heterocycles. The highest BCUT2D eigenvalue weighted by molar-refractivity contribution is 7.89. The fraction of sp³-hybridized carbons (Fsp3) is 0.333. The third-order valence-electron chi connectivity index (χ3n) is 2.04. The fourth-order valence-corrected chi connectivity index (χ4v) is 2.61. The number of aliphatic hydroxyl groups excluding tert-OH is 1. The summed E-state index contributed by atoms with van der Waals surface area (Å²) in [5.74, 6) is -0.907. The van der Waals surface area contributed by atoms with E-state index in [1.165, 1.54) is 6.92 Å². The number of hydrogen-bond acceptors (Lipinski definition) is 5. The van der Waals surface area contributed by atoms with Crippen LogP contribution in [0.15, 0.2) is 23.1 Å². The van der Waals surface area contributed by atoms with E-state index < -0.39 is 44.0 Å². The van der Waals surface area contributed by atoms with Gasteiger partial charge < -0.3 is 5.11 Å². The quantitative estimate of drug-likeness (QED) is 0.598. The Morgan fingerprint density at radius 2 is 2.17 bits per heavy atom. The summed E-state index contributed by atoms with van der Waals surface area (Å²) in [7, 11) is -4.18. The Bertz CT molecular complexity index is 560. The molecule has 0 heterocycles. The van der Waals surface area contributed by atoms with Crippen molar-refractivity contribution < 1.29 is 22.8 Å². The molecule has 0 radical (unpaired) electrons. The smallest absolute Gasteiger partial charge is 0.292 e. The van der Waals surface area contributed by atoms with Gasteiger partial charge in [-0.1, -0.05) is 0 Å². The molecule has 0 bridgehead atoms. The molecule has 0 aliphatic rings. The van der Waals surface area contributed by atoms with Crippen LogP contribution in [0, 0.1) is 15.9 Å². The predicted molar refractivity (Wildman–Crippen MR) is 59.9 cm³/mol. The summed E-state index contributed by atoms with van der Waals surface area (Å²) in [6, 6.07) is 1.34. The van der Waals surface area contributed by atoms with Gasteiger partial charge in [-0.2, -0.15) is 0 Å². The second kappa shape index (κ2) is 5.38. The van der Waals surface area contributed by atoms with E-state index in [0.717, 1.165) is 12.1 Å². The molecule has 7 nitrogen and oxygen atoms in total. The maximum absolute atomic E-state index is 12.9. The first-order valence-electron chi connectivity index (χ1n) is 4.85. The fourth-order valence-electron chi connectivity index (χ4n) is 1.23. The van der Waals surface area contributed by atoms with Gasteiger partial charge in [0.2, 0.25) is 10.0 Å². The van der Waals surface area contributed by atoms with Crippen molar-refractivity contribution in [2.24, 2.45) is 0 Å². The number of nitro groups is 1. The van der Waals surface area contributed by atoms with Crippen molar-refractivity contribution in [3.8, 4) is 0 Å². The second-order valence-electron chi connectivity index (χ2n) is 3.57. The van der Waals surface area contributed by atoms with Crippen molar-refractivity contribution in [1.82, 2.24) is 4.72 Å². The van der Waals surface area contributed by atoms with E-state index in [0.29, 0.717) is 6.07 Å². The van der Waals surface area contributed by atoms with Gasteiger partial charge in [-0.05, 0) is 19.1 Å². The van der Waals surface area contributed by atoms with Gasteiger partial charge >= 0.3 is 0 Å². The minimum Gasteiger partial charge on any atom is -0.395 e. The first-order valence-corrected chi connectivity index (χ1v) is 6.33. The molecule has 0 aliphatic heterocycles. The van der Waals surface area contributed by atoms with E-state index >= 15 is 0 Å². The summed E-state index contributed by atoms with van der Waals surface area (Å²) >= 11 is 0. The van der Waals surface area contributed by atoms with Crippen molar-refractivity contribution in [1.29, 1.82) is 0 Å². The largest absolute Gasteiger partial charge is 0.395 e. The lowest BCUT2D eigenvalue weighted by atomic mass is 10.3. The van der Waals surface area contributed by atoms with Crippen molar-refractivity contribution in [3.63, 3.8) is 0 Å². The Morgan fingerprint density at radius 3 is 2.67 bits per heavy atom. The molecule has 9 heteroatoms. The number of nitro benzene ring substituents is 1. The van der Waals surface area contributed by atoms with E-state index in [9.17, 15) is 22.9 Å². The zero-order chi connectivity index (χ0) is 13.9. The maximum atomic E-state index is 12.9.